The first kappa shape index (κ1) is 20.5. The summed E-state index contributed by atoms with van der Waals surface area (Å²) in [5, 5.41) is 6.64. The first-order valence-electron chi connectivity index (χ1n) is 9.81. The lowest BCUT2D eigenvalue weighted by molar-refractivity contribution is 0.108. The molecule has 0 aromatic carbocycles. The third kappa shape index (κ3) is 8.04. The average Bonchev–Trinajstić information content (AvgIpc) is 3.13. The van der Waals surface area contributed by atoms with E-state index in [4.69, 9.17) is 9.47 Å². The van der Waals surface area contributed by atoms with Crippen molar-refractivity contribution in [1.29, 1.82) is 0 Å². The van der Waals surface area contributed by atoms with Crippen LogP contribution in [-0.4, -0.2) is 43.9 Å². The van der Waals surface area contributed by atoms with Gasteiger partial charge in [0.1, 0.15) is 6.10 Å². The molecular formula is C20H34N4O2. The number of nitrogens with one attached hydrogen (secondary N) is 2. The Labute approximate surface area is 157 Å². The highest BCUT2D eigenvalue weighted by Crippen LogP contribution is 2.23. The van der Waals surface area contributed by atoms with Gasteiger partial charge in [-0.25, -0.2) is 4.98 Å². The molecule has 1 aliphatic carbocycles. The van der Waals surface area contributed by atoms with Crippen LogP contribution in [0.2, 0.25) is 0 Å². The second-order valence-electron chi connectivity index (χ2n) is 7.20. The molecule has 1 saturated carbocycles. The maximum atomic E-state index is 5.97. The molecule has 1 fully saturated rings. The Morgan fingerprint density at radius 1 is 1.31 bits per heavy atom. The molecule has 6 nitrogen and oxygen atoms in total. The van der Waals surface area contributed by atoms with Crippen LogP contribution in [0.15, 0.2) is 23.3 Å². The molecule has 6 heteroatoms. The Balaban J connectivity index is 1.67. The first-order valence-corrected chi connectivity index (χ1v) is 9.81. The molecule has 0 radical (unpaired) electrons. The number of aromatic nitrogens is 1. The highest BCUT2D eigenvalue weighted by Gasteiger charge is 2.17. The summed E-state index contributed by atoms with van der Waals surface area (Å²) < 4.78 is 11.6. The number of ether oxygens (including phenoxy) is 2. The number of hydrogen-bond acceptors (Lipinski definition) is 4. The van der Waals surface area contributed by atoms with Gasteiger partial charge in [0, 0.05) is 45.6 Å². The molecule has 0 amide bonds. The molecule has 1 aromatic rings. The van der Waals surface area contributed by atoms with Gasteiger partial charge >= 0.3 is 0 Å². The van der Waals surface area contributed by atoms with Gasteiger partial charge in [-0.1, -0.05) is 13.8 Å². The zero-order chi connectivity index (χ0) is 18.6. The van der Waals surface area contributed by atoms with Crippen LogP contribution in [0.5, 0.6) is 5.88 Å². The van der Waals surface area contributed by atoms with Crippen molar-refractivity contribution in [3.05, 3.63) is 23.9 Å². The van der Waals surface area contributed by atoms with Crippen LogP contribution in [0.1, 0.15) is 51.5 Å². The van der Waals surface area contributed by atoms with Crippen LogP contribution >= 0.6 is 0 Å². The number of rotatable bonds is 10. The fourth-order valence-electron chi connectivity index (χ4n) is 2.91. The lowest BCUT2D eigenvalue weighted by atomic mass is 10.2. The van der Waals surface area contributed by atoms with E-state index >= 15 is 0 Å². The van der Waals surface area contributed by atoms with E-state index in [0.717, 1.165) is 56.4 Å². The highest BCUT2D eigenvalue weighted by molar-refractivity contribution is 5.79. The maximum absolute atomic E-state index is 5.97. The van der Waals surface area contributed by atoms with E-state index in [2.05, 4.69) is 34.5 Å². The molecule has 0 aliphatic heterocycles. The van der Waals surface area contributed by atoms with E-state index in [1.165, 1.54) is 12.8 Å². The summed E-state index contributed by atoms with van der Waals surface area (Å²) in [5.74, 6) is 2.10. The Kier molecular flexibility index (Phi) is 9.24. The molecular weight excluding hydrogens is 328 g/mol. The fourth-order valence-corrected chi connectivity index (χ4v) is 2.91. The van der Waals surface area contributed by atoms with Crippen molar-refractivity contribution in [2.75, 3.05) is 26.8 Å². The largest absolute Gasteiger partial charge is 0.474 e. The lowest BCUT2D eigenvalue weighted by Crippen LogP contribution is -2.37. The minimum absolute atomic E-state index is 0.332. The second-order valence-corrected chi connectivity index (χ2v) is 7.20. The third-order valence-electron chi connectivity index (χ3n) is 4.28. The van der Waals surface area contributed by atoms with Gasteiger partial charge in [-0.15, -0.1) is 0 Å². The van der Waals surface area contributed by atoms with Crippen LogP contribution in [0.4, 0.5) is 0 Å². The molecule has 146 valence electrons. The maximum Gasteiger partial charge on any atom is 0.213 e. The summed E-state index contributed by atoms with van der Waals surface area (Å²) >= 11 is 0. The molecule has 0 spiro atoms. The minimum Gasteiger partial charge on any atom is -0.474 e. The Bertz CT molecular complexity index is 542. The van der Waals surface area contributed by atoms with Gasteiger partial charge in [0.25, 0.3) is 0 Å². The summed E-state index contributed by atoms with van der Waals surface area (Å²) in [4.78, 5) is 8.59. The Morgan fingerprint density at radius 3 is 2.85 bits per heavy atom. The monoisotopic (exact) mass is 362 g/mol. The molecule has 0 saturated heterocycles. The quantitative estimate of drug-likeness (QED) is 0.380. The third-order valence-corrected chi connectivity index (χ3v) is 4.28. The van der Waals surface area contributed by atoms with Crippen molar-refractivity contribution in [2.45, 2.75) is 58.6 Å². The fraction of sp³-hybridized carbons (Fsp3) is 0.700. The summed E-state index contributed by atoms with van der Waals surface area (Å²) in [6.07, 6.45) is 7.90. The molecule has 26 heavy (non-hydrogen) atoms. The van der Waals surface area contributed by atoms with Gasteiger partial charge in [-0.05, 0) is 49.7 Å². The van der Waals surface area contributed by atoms with E-state index in [9.17, 15) is 0 Å². The molecule has 1 heterocycles. The number of guanidine groups is 1. The predicted molar refractivity (Wildman–Crippen MR) is 106 cm³/mol. The van der Waals surface area contributed by atoms with Gasteiger partial charge in [0.15, 0.2) is 5.96 Å². The molecule has 1 aromatic heterocycles. The SMILES string of the molecule is CN=C(NCCCOCC(C)C)NCc1ccnc(OC2CCCC2)c1. The molecule has 2 N–H and O–H groups in total. The Hall–Kier alpha value is -1.82. The van der Waals surface area contributed by atoms with Crippen LogP contribution in [0.3, 0.4) is 0 Å². The van der Waals surface area contributed by atoms with Crippen molar-refractivity contribution in [3.63, 3.8) is 0 Å². The smallest absolute Gasteiger partial charge is 0.213 e. The standard InChI is InChI=1S/C20H34N4O2/c1-16(2)15-25-12-6-10-23-20(21-3)24-14-17-9-11-22-19(13-17)26-18-7-4-5-8-18/h9,11,13,16,18H,4-8,10,12,14-15H2,1-3H3,(H2,21,23,24). The molecule has 2 rings (SSSR count). The first-order chi connectivity index (χ1) is 12.7. The van der Waals surface area contributed by atoms with E-state index in [1.54, 1.807) is 7.05 Å². The van der Waals surface area contributed by atoms with E-state index < -0.39 is 0 Å². The summed E-state index contributed by atoms with van der Waals surface area (Å²) in [7, 11) is 1.78. The van der Waals surface area contributed by atoms with E-state index in [1.807, 2.05) is 18.3 Å². The number of hydrogen-bond donors (Lipinski definition) is 2. The van der Waals surface area contributed by atoms with Gasteiger partial charge in [-0.3, -0.25) is 4.99 Å². The zero-order valence-electron chi connectivity index (χ0n) is 16.5. The van der Waals surface area contributed by atoms with Gasteiger partial charge in [0.2, 0.25) is 5.88 Å². The Morgan fingerprint density at radius 2 is 2.12 bits per heavy atom. The summed E-state index contributed by atoms with van der Waals surface area (Å²) in [5.41, 5.74) is 1.14. The summed E-state index contributed by atoms with van der Waals surface area (Å²) in [6.45, 7) is 7.44. The van der Waals surface area contributed by atoms with Crippen molar-refractivity contribution in [2.24, 2.45) is 10.9 Å². The highest BCUT2D eigenvalue weighted by atomic mass is 16.5. The van der Waals surface area contributed by atoms with Crippen molar-refractivity contribution in [1.82, 2.24) is 15.6 Å². The van der Waals surface area contributed by atoms with Gasteiger partial charge in [-0.2, -0.15) is 0 Å². The van der Waals surface area contributed by atoms with Crippen LogP contribution in [0, 0.1) is 5.92 Å². The predicted octanol–water partition coefficient (Wildman–Crippen LogP) is 3.13. The number of aliphatic imine (C=N–C) groups is 1. The van der Waals surface area contributed by atoms with Crippen molar-refractivity contribution in [3.8, 4) is 5.88 Å². The second kappa shape index (κ2) is 11.7. The molecule has 0 atom stereocenters. The number of nitrogens with zero attached hydrogens (tertiary/aromatic N) is 2. The summed E-state index contributed by atoms with van der Waals surface area (Å²) in [6, 6.07) is 4.01. The van der Waals surface area contributed by atoms with Crippen LogP contribution < -0.4 is 15.4 Å². The molecule has 1 aliphatic rings. The van der Waals surface area contributed by atoms with E-state index in [0.29, 0.717) is 18.6 Å². The average molecular weight is 363 g/mol. The van der Waals surface area contributed by atoms with Crippen molar-refractivity contribution >= 4 is 5.96 Å². The minimum atomic E-state index is 0.332. The van der Waals surface area contributed by atoms with Crippen LogP contribution in [-0.2, 0) is 11.3 Å². The molecule has 0 unspecified atom stereocenters. The topological polar surface area (TPSA) is 67.8 Å². The lowest BCUT2D eigenvalue weighted by Gasteiger charge is -2.14. The van der Waals surface area contributed by atoms with Gasteiger partial charge in [0.05, 0.1) is 0 Å². The van der Waals surface area contributed by atoms with Gasteiger partial charge < -0.3 is 20.1 Å². The van der Waals surface area contributed by atoms with E-state index in [-0.39, 0.29) is 0 Å². The molecule has 0 bridgehead atoms. The number of pyridine rings is 1. The normalized spacial score (nSPS) is 15.5. The van der Waals surface area contributed by atoms with Crippen LogP contribution in [0.25, 0.3) is 0 Å². The van der Waals surface area contributed by atoms with Crippen molar-refractivity contribution < 1.29 is 9.47 Å². The zero-order valence-corrected chi connectivity index (χ0v) is 16.5.